The predicted octanol–water partition coefficient (Wildman–Crippen LogP) is 6.25. The lowest BCUT2D eigenvalue weighted by molar-refractivity contribution is -0.143. The third kappa shape index (κ3) is 5.13. The molecule has 0 heterocycles. The topological polar surface area (TPSA) is 29.5 Å². The highest BCUT2D eigenvalue weighted by molar-refractivity contribution is 5.35. The summed E-state index contributed by atoms with van der Waals surface area (Å²) < 4.78 is 97.7. The normalized spacial score (nSPS) is 21.1. The maximum Gasteiger partial charge on any atom is 0.416 e. The molecule has 0 unspecified atom stereocenters. The molecular formula is C21H19F7O2. The van der Waals surface area contributed by atoms with Crippen molar-refractivity contribution in [2.24, 2.45) is 0 Å². The van der Waals surface area contributed by atoms with Crippen molar-refractivity contribution < 1.29 is 40.6 Å². The van der Waals surface area contributed by atoms with Gasteiger partial charge in [-0.3, -0.25) is 0 Å². The first-order valence-corrected chi connectivity index (χ1v) is 9.30. The van der Waals surface area contributed by atoms with Crippen LogP contribution in [0.3, 0.4) is 0 Å². The van der Waals surface area contributed by atoms with Crippen LogP contribution in [0.1, 0.15) is 53.5 Å². The monoisotopic (exact) mass is 436 g/mol. The molecule has 0 amide bonds. The summed E-state index contributed by atoms with van der Waals surface area (Å²) in [5.74, 6) is -0.626. The van der Waals surface area contributed by atoms with Crippen LogP contribution in [-0.2, 0) is 17.1 Å². The number of hydrogen-bond donors (Lipinski definition) is 1. The smallest absolute Gasteiger partial charge is 0.393 e. The third-order valence-corrected chi connectivity index (χ3v) is 5.24. The van der Waals surface area contributed by atoms with Gasteiger partial charge < -0.3 is 9.84 Å². The largest absolute Gasteiger partial charge is 0.416 e. The van der Waals surface area contributed by atoms with E-state index in [1.807, 2.05) is 0 Å². The summed E-state index contributed by atoms with van der Waals surface area (Å²) in [6.45, 7) is -0.786. The van der Waals surface area contributed by atoms with E-state index >= 15 is 0 Å². The molecule has 1 saturated carbocycles. The fourth-order valence-corrected chi connectivity index (χ4v) is 3.78. The molecule has 0 aliphatic heterocycles. The molecule has 1 aliphatic rings. The van der Waals surface area contributed by atoms with Crippen LogP contribution in [0.5, 0.6) is 0 Å². The van der Waals surface area contributed by atoms with Crippen molar-refractivity contribution in [1.82, 2.24) is 0 Å². The standard InChI is InChI=1S/C21H19F7O2/c22-16-6-4-12(5-7-16)17-2-1-3-18(17)30-19(11-29)13-8-14(20(23,24)25)10-15(9-13)21(26,27)28/h4-10,17-19,29H,1-3,11H2/t17-,18+,19-/m1/s1. The van der Waals surface area contributed by atoms with Crippen molar-refractivity contribution in [3.63, 3.8) is 0 Å². The molecule has 3 atom stereocenters. The number of aliphatic hydroxyl groups excluding tert-OH is 1. The lowest BCUT2D eigenvalue weighted by atomic mass is 9.95. The van der Waals surface area contributed by atoms with E-state index in [1.54, 1.807) is 12.1 Å². The molecule has 164 valence electrons. The lowest BCUT2D eigenvalue weighted by Crippen LogP contribution is -2.23. The average Bonchev–Trinajstić information content (AvgIpc) is 3.13. The Morgan fingerprint density at radius 2 is 1.47 bits per heavy atom. The second kappa shape index (κ2) is 8.55. The van der Waals surface area contributed by atoms with E-state index in [1.165, 1.54) is 12.1 Å². The Morgan fingerprint density at radius 1 is 0.900 bits per heavy atom. The Bertz CT molecular complexity index is 827. The molecule has 30 heavy (non-hydrogen) atoms. The van der Waals surface area contributed by atoms with Crippen molar-refractivity contribution in [1.29, 1.82) is 0 Å². The molecule has 0 bridgehead atoms. The zero-order chi connectivity index (χ0) is 22.1. The maximum absolute atomic E-state index is 13.2. The average molecular weight is 436 g/mol. The summed E-state index contributed by atoms with van der Waals surface area (Å²) in [7, 11) is 0. The zero-order valence-corrected chi connectivity index (χ0v) is 15.6. The van der Waals surface area contributed by atoms with Crippen molar-refractivity contribution in [3.05, 3.63) is 70.5 Å². The SMILES string of the molecule is OC[C@@H](O[C@H]1CCC[C@@H]1c1ccc(F)cc1)c1cc(C(F)(F)F)cc(C(F)(F)F)c1. The van der Waals surface area contributed by atoms with Crippen LogP contribution in [0, 0.1) is 5.82 Å². The second-order valence-corrected chi connectivity index (χ2v) is 7.27. The first-order chi connectivity index (χ1) is 14.0. The summed E-state index contributed by atoms with van der Waals surface area (Å²) in [6, 6.07) is 6.86. The molecule has 2 aromatic carbocycles. The van der Waals surface area contributed by atoms with Gasteiger partial charge in [-0.15, -0.1) is 0 Å². The van der Waals surface area contributed by atoms with Gasteiger partial charge in [0.25, 0.3) is 0 Å². The lowest BCUT2D eigenvalue weighted by Gasteiger charge is -2.27. The summed E-state index contributed by atoms with van der Waals surface area (Å²) in [4.78, 5) is 0. The van der Waals surface area contributed by atoms with Crippen LogP contribution in [0.4, 0.5) is 30.7 Å². The zero-order valence-electron chi connectivity index (χ0n) is 15.6. The van der Waals surface area contributed by atoms with E-state index in [4.69, 9.17) is 4.74 Å². The Morgan fingerprint density at radius 3 is 1.97 bits per heavy atom. The summed E-state index contributed by atoms with van der Waals surface area (Å²) >= 11 is 0. The Balaban J connectivity index is 1.90. The van der Waals surface area contributed by atoms with Crippen LogP contribution in [0.2, 0.25) is 0 Å². The van der Waals surface area contributed by atoms with Crippen LogP contribution >= 0.6 is 0 Å². The molecule has 0 aromatic heterocycles. The second-order valence-electron chi connectivity index (χ2n) is 7.27. The highest BCUT2D eigenvalue weighted by atomic mass is 19.4. The molecule has 0 spiro atoms. The van der Waals surface area contributed by atoms with Crippen LogP contribution in [0.25, 0.3) is 0 Å². The van der Waals surface area contributed by atoms with E-state index in [0.717, 1.165) is 12.0 Å². The van der Waals surface area contributed by atoms with E-state index in [2.05, 4.69) is 0 Å². The summed E-state index contributed by atoms with van der Waals surface area (Å²) in [5, 5.41) is 9.68. The van der Waals surface area contributed by atoms with Gasteiger partial charge in [-0.1, -0.05) is 18.6 Å². The molecule has 1 fully saturated rings. The van der Waals surface area contributed by atoms with E-state index in [0.29, 0.717) is 25.0 Å². The Kier molecular flexibility index (Phi) is 6.43. The number of hydrogen-bond acceptors (Lipinski definition) is 2. The van der Waals surface area contributed by atoms with Crippen molar-refractivity contribution in [3.8, 4) is 0 Å². The molecule has 9 heteroatoms. The number of aliphatic hydroxyl groups is 1. The van der Waals surface area contributed by atoms with Crippen LogP contribution in [-0.4, -0.2) is 17.8 Å². The Hall–Kier alpha value is -2.13. The third-order valence-electron chi connectivity index (χ3n) is 5.24. The van der Waals surface area contributed by atoms with Gasteiger partial charge in [0.1, 0.15) is 11.9 Å². The summed E-state index contributed by atoms with van der Waals surface area (Å²) in [6.07, 6.45) is -9.95. The number of ether oxygens (including phenoxy) is 1. The van der Waals surface area contributed by atoms with Gasteiger partial charge in [0.05, 0.1) is 23.8 Å². The minimum atomic E-state index is -4.99. The predicted molar refractivity (Wildman–Crippen MR) is 94.1 cm³/mol. The van der Waals surface area contributed by atoms with Gasteiger partial charge in [0.2, 0.25) is 0 Å². The highest BCUT2D eigenvalue weighted by Crippen LogP contribution is 2.41. The fourth-order valence-electron chi connectivity index (χ4n) is 3.78. The van der Waals surface area contributed by atoms with Crippen molar-refractivity contribution in [2.75, 3.05) is 6.61 Å². The number of alkyl halides is 6. The summed E-state index contributed by atoms with van der Waals surface area (Å²) in [5.41, 5.74) is -2.56. The molecule has 1 N–H and O–H groups in total. The molecule has 1 aliphatic carbocycles. The van der Waals surface area contributed by atoms with Gasteiger partial charge >= 0.3 is 12.4 Å². The molecule has 0 saturated heterocycles. The van der Waals surface area contributed by atoms with Gasteiger partial charge in [0, 0.05) is 5.92 Å². The minimum Gasteiger partial charge on any atom is -0.393 e. The molecule has 0 radical (unpaired) electrons. The minimum absolute atomic E-state index is 0.0365. The van der Waals surface area contributed by atoms with Gasteiger partial charge in [-0.25, -0.2) is 4.39 Å². The molecule has 3 rings (SSSR count). The first kappa shape index (κ1) is 22.6. The molecular weight excluding hydrogens is 417 g/mol. The Labute approximate surface area is 168 Å². The van der Waals surface area contributed by atoms with E-state index < -0.39 is 53.7 Å². The quantitative estimate of drug-likeness (QED) is 0.562. The van der Waals surface area contributed by atoms with Gasteiger partial charge in [-0.05, 0) is 54.3 Å². The number of benzene rings is 2. The number of halogens is 7. The van der Waals surface area contributed by atoms with E-state index in [9.17, 15) is 35.8 Å². The molecule has 2 aromatic rings. The fraction of sp³-hybridized carbons (Fsp3) is 0.429. The molecule has 2 nitrogen and oxygen atoms in total. The maximum atomic E-state index is 13.2. The van der Waals surface area contributed by atoms with Crippen molar-refractivity contribution in [2.45, 2.75) is 49.7 Å². The number of rotatable bonds is 5. The van der Waals surface area contributed by atoms with Crippen LogP contribution < -0.4 is 0 Å². The van der Waals surface area contributed by atoms with E-state index in [-0.39, 0.29) is 12.0 Å². The van der Waals surface area contributed by atoms with Gasteiger partial charge in [-0.2, -0.15) is 26.3 Å². The highest BCUT2D eigenvalue weighted by Gasteiger charge is 2.38. The van der Waals surface area contributed by atoms with Crippen LogP contribution in [0.15, 0.2) is 42.5 Å². The van der Waals surface area contributed by atoms with Gasteiger partial charge in [0.15, 0.2) is 0 Å². The van der Waals surface area contributed by atoms with Crippen molar-refractivity contribution >= 4 is 0 Å². The first-order valence-electron chi connectivity index (χ1n) is 9.30.